The van der Waals surface area contributed by atoms with Crippen molar-refractivity contribution in [2.45, 2.75) is 26.4 Å². The van der Waals surface area contributed by atoms with Gasteiger partial charge in [0.15, 0.2) is 5.65 Å². The Morgan fingerprint density at radius 3 is 2.59 bits per heavy atom. The number of H-pyrrole nitrogens is 1. The molecular formula is C24H23N5O3. The van der Waals surface area contributed by atoms with E-state index in [0.29, 0.717) is 41.9 Å². The molecule has 5 rings (SSSR count). The van der Waals surface area contributed by atoms with Gasteiger partial charge in [-0.15, -0.1) is 0 Å². The molecule has 8 nitrogen and oxygen atoms in total. The number of aromatic amines is 1. The molecule has 0 radical (unpaired) electrons. The van der Waals surface area contributed by atoms with Crippen molar-refractivity contribution in [1.29, 1.82) is 0 Å². The SMILES string of the molecule is CCCn1c(=O)c2c([nH]n3cc(-c4cccc(OC)c4)nc23)n(Cc2ccccc2)c1=O. The van der Waals surface area contributed by atoms with Crippen LogP contribution in [0.5, 0.6) is 5.75 Å². The number of rotatable bonds is 6. The Morgan fingerprint density at radius 2 is 1.84 bits per heavy atom. The van der Waals surface area contributed by atoms with E-state index >= 15 is 0 Å². The molecule has 0 saturated carbocycles. The average molecular weight is 429 g/mol. The van der Waals surface area contributed by atoms with E-state index in [9.17, 15) is 9.59 Å². The van der Waals surface area contributed by atoms with Crippen LogP contribution in [0.1, 0.15) is 18.9 Å². The molecule has 2 aromatic carbocycles. The van der Waals surface area contributed by atoms with Crippen molar-refractivity contribution in [2.75, 3.05) is 7.11 Å². The Hall–Kier alpha value is -4.07. The second kappa shape index (κ2) is 7.88. The maximum absolute atomic E-state index is 13.3. The zero-order valence-electron chi connectivity index (χ0n) is 17.9. The zero-order chi connectivity index (χ0) is 22.2. The summed E-state index contributed by atoms with van der Waals surface area (Å²) in [4.78, 5) is 31.3. The van der Waals surface area contributed by atoms with Gasteiger partial charge in [0.25, 0.3) is 5.56 Å². The van der Waals surface area contributed by atoms with E-state index in [2.05, 4.69) is 5.10 Å². The van der Waals surface area contributed by atoms with Gasteiger partial charge in [-0.05, 0) is 24.1 Å². The first-order valence-electron chi connectivity index (χ1n) is 10.5. The standard InChI is InChI=1S/C24H23N5O3/c1-3-12-27-23(30)20-21-25-19(17-10-7-11-18(13-17)32-2)15-29(21)26-22(20)28(24(27)31)14-16-8-5-4-6-9-16/h4-11,13,15,26H,3,12,14H2,1-2H3. The molecule has 0 saturated heterocycles. The highest BCUT2D eigenvalue weighted by molar-refractivity contribution is 5.90. The van der Waals surface area contributed by atoms with E-state index in [1.807, 2.05) is 67.7 Å². The number of methoxy groups -OCH3 is 1. The van der Waals surface area contributed by atoms with Crippen LogP contribution in [0.2, 0.25) is 0 Å². The molecule has 3 aromatic heterocycles. The fourth-order valence-corrected chi connectivity index (χ4v) is 4.03. The Bertz CT molecular complexity index is 1540. The summed E-state index contributed by atoms with van der Waals surface area (Å²) in [7, 11) is 1.62. The molecule has 0 unspecified atom stereocenters. The summed E-state index contributed by atoms with van der Waals surface area (Å²) in [6, 6.07) is 17.3. The molecule has 5 aromatic rings. The lowest BCUT2D eigenvalue weighted by Crippen LogP contribution is -2.40. The number of nitrogens with one attached hydrogen (secondary N) is 1. The molecule has 0 bridgehead atoms. The van der Waals surface area contributed by atoms with E-state index in [-0.39, 0.29) is 11.2 Å². The van der Waals surface area contributed by atoms with Crippen LogP contribution in [0.3, 0.4) is 0 Å². The predicted molar refractivity (Wildman–Crippen MR) is 123 cm³/mol. The van der Waals surface area contributed by atoms with Gasteiger partial charge < -0.3 is 4.74 Å². The van der Waals surface area contributed by atoms with Gasteiger partial charge in [0, 0.05) is 12.1 Å². The van der Waals surface area contributed by atoms with E-state index < -0.39 is 0 Å². The highest BCUT2D eigenvalue weighted by atomic mass is 16.5. The summed E-state index contributed by atoms with van der Waals surface area (Å²) in [5.74, 6) is 0.728. The Labute approximate surface area is 183 Å². The van der Waals surface area contributed by atoms with Gasteiger partial charge in [-0.3, -0.25) is 19.0 Å². The van der Waals surface area contributed by atoms with Crippen LogP contribution in [0.25, 0.3) is 27.9 Å². The molecule has 3 heterocycles. The molecule has 0 atom stereocenters. The monoisotopic (exact) mass is 429 g/mol. The normalized spacial score (nSPS) is 11.4. The average Bonchev–Trinajstić information content (AvgIpc) is 3.38. The van der Waals surface area contributed by atoms with E-state index in [4.69, 9.17) is 9.72 Å². The molecule has 32 heavy (non-hydrogen) atoms. The highest BCUT2D eigenvalue weighted by Gasteiger charge is 2.20. The summed E-state index contributed by atoms with van der Waals surface area (Å²) in [5, 5.41) is 3.61. The zero-order valence-corrected chi connectivity index (χ0v) is 17.9. The lowest BCUT2D eigenvalue weighted by atomic mass is 10.1. The van der Waals surface area contributed by atoms with Crippen LogP contribution in [-0.4, -0.2) is 30.8 Å². The van der Waals surface area contributed by atoms with Crippen LogP contribution >= 0.6 is 0 Å². The Balaban J connectivity index is 1.75. The quantitative estimate of drug-likeness (QED) is 0.449. The van der Waals surface area contributed by atoms with Crippen LogP contribution in [-0.2, 0) is 13.1 Å². The number of fused-ring (bicyclic) bond motifs is 3. The number of hydrogen-bond acceptors (Lipinski definition) is 4. The van der Waals surface area contributed by atoms with Gasteiger partial charge >= 0.3 is 5.69 Å². The lowest BCUT2D eigenvalue weighted by Gasteiger charge is -2.11. The van der Waals surface area contributed by atoms with Crippen molar-refractivity contribution in [3.05, 3.63) is 87.2 Å². The fraction of sp³-hybridized carbons (Fsp3) is 0.208. The van der Waals surface area contributed by atoms with Gasteiger partial charge in [0.2, 0.25) is 0 Å². The highest BCUT2D eigenvalue weighted by Crippen LogP contribution is 2.25. The Kier molecular flexibility index (Phi) is 4.89. The number of hydrogen-bond donors (Lipinski definition) is 1. The molecule has 0 fully saturated rings. The number of imidazole rings is 1. The lowest BCUT2D eigenvalue weighted by molar-refractivity contribution is 0.415. The molecule has 0 aliphatic carbocycles. The third-order valence-corrected chi connectivity index (χ3v) is 5.58. The van der Waals surface area contributed by atoms with Gasteiger partial charge in [-0.2, -0.15) is 0 Å². The van der Waals surface area contributed by atoms with Crippen molar-refractivity contribution < 1.29 is 4.74 Å². The van der Waals surface area contributed by atoms with Crippen molar-refractivity contribution >= 4 is 16.7 Å². The van der Waals surface area contributed by atoms with E-state index in [1.54, 1.807) is 16.2 Å². The minimum atomic E-state index is -0.329. The summed E-state index contributed by atoms with van der Waals surface area (Å²) < 4.78 is 9.94. The first-order chi connectivity index (χ1) is 15.6. The summed E-state index contributed by atoms with van der Waals surface area (Å²) in [5.41, 5.74) is 2.86. The maximum atomic E-state index is 13.3. The minimum absolute atomic E-state index is 0.328. The van der Waals surface area contributed by atoms with Crippen molar-refractivity contribution in [3.63, 3.8) is 0 Å². The summed E-state index contributed by atoms with van der Waals surface area (Å²) in [6.07, 6.45) is 2.50. The number of ether oxygens (including phenoxy) is 1. The number of nitrogens with zero attached hydrogens (tertiary/aromatic N) is 4. The molecular weight excluding hydrogens is 406 g/mol. The fourth-order valence-electron chi connectivity index (χ4n) is 4.03. The van der Waals surface area contributed by atoms with Crippen molar-refractivity contribution in [2.24, 2.45) is 0 Å². The minimum Gasteiger partial charge on any atom is -0.497 e. The largest absolute Gasteiger partial charge is 0.497 e. The molecule has 0 amide bonds. The van der Waals surface area contributed by atoms with Crippen LogP contribution in [0.4, 0.5) is 0 Å². The Morgan fingerprint density at radius 1 is 1.03 bits per heavy atom. The second-order valence-corrected chi connectivity index (χ2v) is 7.70. The second-order valence-electron chi connectivity index (χ2n) is 7.70. The maximum Gasteiger partial charge on any atom is 0.332 e. The molecule has 162 valence electrons. The smallest absolute Gasteiger partial charge is 0.332 e. The van der Waals surface area contributed by atoms with Crippen molar-refractivity contribution in [3.8, 4) is 17.0 Å². The van der Waals surface area contributed by atoms with Gasteiger partial charge in [-0.1, -0.05) is 49.4 Å². The predicted octanol–water partition coefficient (Wildman–Crippen LogP) is 3.27. The number of aromatic nitrogens is 5. The first-order valence-corrected chi connectivity index (χ1v) is 10.5. The van der Waals surface area contributed by atoms with E-state index in [0.717, 1.165) is 16.9 Å². The summed E-state index contributed by atoms with van der Waals surface area (Å²) >= 11 is 0. The van der Waals surface area contributed by atoms with Crippen LogP contribution in [0.15, 0.2) is 70.4 Å². The molecule has 0 spiro atoms. The number of benzene rings is 2. The third kappa shape index (κ3) is 3.20. The van der Waals surface area contributed by atoms with Crippen molar-refractivity contribution in [1.82, 2.24) is 23.7 Å². The van der Waals surface area contributed by atoms with Gasteiger partial charge in [0.05, 0.1) is 25.5 Å². The van der Waals surface area contributed by atoms with Gasteiger partial charge in [-0.25, -0.2) is 14.3 Å². The van der Waals surface area contributed by atoms with Crippen LogP contribution < -0.4 is 16.0 Å². The summed E-state index contributed by atoms with van der Waals surface area (Å²) in [6.45, 7) is 2.65. The topological polar surface area (TPSA) is 86.3 Å². The van der Waals surface area contributed by atoms with E-state index in [1.165, 1.54) is 4.57 Å². The third-order valence-electron chi connectivity index (χ3n) is 5.58. The molecule has 0 aliphatic heterocycles. The van der Waals surface area contributed by atoms with Gasteiger partial charge in [0.1, 0.15) is 16.8 Å². The van der Waals surface area contributed by atoms with Crippen LogP contribution in [0, 0.1) is 0 Å². The first kappa shape index (κ1) is 19.9. The molecule has 8 heteroatoms. The molecule has 0 aliphatic rings. The molecule has 1 N–H and O–H groups in total.